The Morgan fingerprint density at radius 1 is 0.857 bits per heavy atom. The second-order valence-corrected chi connectivity index (χ2v) is 12.4. The number of amides is 2. The van der Waals surface area contributed by atoms with Crippen LogP contribution >= 0.6 is 11.6 Å². The number of hydrogen-bond acceptors (Lipinski definition) is 3. The van der Waals surface area contributed by atoms with Gasteiger partial charge in [-0.2, -0.15) is 13.2 Å². The third kappa shape index (κ3) is 8.45. The number of benzene rings is 4. The van der Waals surface area contributed by atoms with Crippen molar-refractivity contribution in [2.24, 2.45) is 0 Å². The van der Waals surface area contributed by atoms with E-state index in [0.717, 1.165) is 45.6 Å². The van der Waals surface area contributed by atoms with E-state index >= 15 is 0 Å². The van der Waals surface area contributed by atoms with Crippen LogP contribution in [0.3, 0.4) is 0 Å². The Morgan fingerprint density at radius 3 is 2.29 bits per heavy atom. The van der Waals surface area contributed by atoms with Gasteiger partial charge in [0.1, 0.15) is 6.04 Å². The Hall–Kier alpha value is -5.21. The largest absolute Gasteiger partial charge is 0.416 e. The van der Waals surface area contributed by atoms with Crippen LogP contribution in [0.15, 0.2) is 128 Å². The lowest BCUT2D eigenvalue weighted by Gasteiger charge is -2.37. The molecule has 0 radical (unpaired) electrons. The molecule has 0 N–H and O–H groups in total. The Bertz CT molecular complexity index is 1930. The van der Waals surface area contributed by atoms with Crippen molar-refractivity contribution in [3.63, 3.8) is 0 Å². The Balaban J connectivity index is 1.34. The lowest BCUT2D eigenvalue weighted by molar-refractivity contribution is -0.144. The van der Waals surface area contributed by atoms with Crippen LogP contribution < -0.4 is 0 Å². The highest BCUT2D eigenvalue weighted by Crippen LogP contribution is 2.30. The van der Waals surface area contributed by atoms with Crippen molar-refractivity contribution in [1.82, 2.24) is 14.8 Å². The van der Waals surface area contributed by atoms with Gasteiger partial charge in [0.2, 0.25) is 11.8 Å². The Labute approximate surface area is 288 Å². The van der Waals surface area contributed by atoms with Crippen LogP contribution in [0.25, 0.3) is 17.3 Å². The smallest absolute Gasteiger partial charge is 0.336 e. The number of aromatic nitrogens is 1. The number of carbonyl (C=O) groups excluding carboxylic acids is 2. The monoisotopic (exact) mass is 679 g/mol. The van der Waals surface area contributed by atoms with Crippen LogP contribution in [0.4, 0.5) is 13.2 Å². The lowest BCUT2D eigenvalue weighted by Crippen LogP contribution is -2.52. The predicted molar refractivity (Wildman–Crippen MR) is 185 cm³/mol. The molecular weight excluding hydrogens is 647 g/mol. The van der Waals surface area contributed by atoms with Gasteiger partial charge in [0, 0.05) is 48.9 Å². The molecule has 1 aliphatic heterocycles. The summed E-state index contributed by atoms with van der Waals surface area (Å²) in [6, 6.07) is 32.3. The van der Waals surface area contributed by atoms with Gasteiger partial charge in [-0.15, -0.1) is 0 Å². The molecule has 0 aliphatic carbocycles. The summed E-state index contributed by atoms with van der Waals surface area (Å²) >= 11 is 6.23. The molecule has 5 aromatic rings. The van der Waals surface area contributed by atoms with Crippen LogP contribution in [0.1, 0.15) is 33.4 Å². The molecule has 1 atom stereocenters. The molecule has 1 aromatic heterocycles. The van der Waals surface area contributed by atoms with Gasteiger partial charge >= 0.3 is 6.18 Å². The fourth-order valence-corrected chi connectivity index (χ4v) is 6.18. The van der Waals surface area contributed by atoms with Crippen molar-refractivity contribution >= 4 is 29.5 Å². The standard InChI is InChI=1S/C40H33ClF3N3O2/c41-35-19-16-33-27-46(23-21-32(33)25-35)39(49)37(24-29-6-2-1-3-7-29)47(26-30-9-14-31(15-10-30)36-8-4-5-22-45-36)38(48)20-13-28-11-17-34(18-12-28)40(42,43)44/h1-20,22,25,37H,21,23-24,26-27H2/t37-/m0/s1. The first-order valence-corrected chi connectivity index (χ1v) is 16.3. The summed E-state index contributed by atoms with van der Waals surface area (Å²) in [7, 11) is 0. The molecule has 0 saturated carbocycles. The van der Waals surface area contributed by atoms with Crippen molar-refractivity contribution in [3.8, 4) is 11.3 Å². The summed E-state index contributed by atoms with van der Waals surface area (Å²) in [6.45, 7) is 0.987. The van der Waals surface area contributed by atoms with Gasteiger partial charge < -0.3 is 9.80 Å². The summed E-state index contributed by atoms with van der Waals surface area (Å²) in [6.07, 6.45) is 0.966. The summed E-state index contributed by atoms with van der Waals surface area (Å²) in [5.41, 5.74) is 5.17. The van der Waals surface area contributed by atoms with E-state index in [0.29, 0.717) is 30.1 Å². The lowest BCUT2D eigenvalue weighted by atomic mass is 9.97. The van der Waals surface area contributed by atoms with E-state index in [4.69, 9.17) is 11.6 Å². The van der Waals surface area contributed by atoms with Crippen LogP contribution in [0, 0.1) is 0 Å². The second-order valence-electron chi connectivity index (χ2n) is 12.0. The molecule has 2 heterocycles. The van der Waals surface area contributed by atoms with Crippen molar-refractivity contribution in [3.05, 3.63) is 166 Å². The molecule has 49 heavy (non-hydrogen) atoms. The van der Waals surface area contributed by atoms with Crippen LogP contribution in [-0.4, -0.2) is 39.2 Å². The molecule has 6 rings (SSSR count). The zero-order valence-corrected chi connectivity index (χ0v) is 27.2. The molecule has 0 spiro atoms. The number of nitrogens with zero attached hydrogens (tertiary/aromatic N) is 3. The zero-order chi connectivity index (χ0) is 34.4. The SMILES string of the molecule is O=C([C@H](Cc1ccccc1)N(Cc1ccc(-c2ccccn2)cc1)C(=O)C=Cc1ccc(C(F)(F)F)cc1)N1CCc2cc(Cl)ccc2C1. The maximum Gasteiger partial charge on any atom is 0.416 e. The van der Waals surface area contributed by atoms with Crippen LogP contribution in [-0.2, 0) is 41.7 Å². The van der Waals surface area contributed by atoms with Gasteiger partial charge in [-0.25, -0.2) is 0 Å². The highest BCUT2D eigenvalue weighted by Gasteiger charge is 2.34. The maximum atomic E-state index is 14.5. The van der Waals surface area contributed by atoms with E-state index in [1.54, 1.807) is 16.0 Å². The molecule has 0 fully saturated rings. The second kappa shape index (κ2) is 14.9. The van der Waals surface area contributed by atoms with E-state index in [1.807, 2.05) is 91.0 Å². The molecule has 0 bridgehead atoms. The topological polar surface area (TPSA) is 53.5 Å². The van der Waals surface area contributed by atoms with Crippen molar-refractivity contribution < 1.29 is 22.8 Å². The zero-order valence-electron chi connectivity index (χ0n) is 26.5. The van der Waals surface area contributed by atoms with E-state index in [2.05, 4.69) is 4.98 Å². The summed E-state index contributed by atoms with van der Waals surface area (Å²) in [5.74, 6) is -0.627. The number of halogens is 4. The van der Waals surface area contributed by atoms with Gasteiger partial charge in [-0.05, 0) is 76.7 Å². The highest BCUT2D eigenvalue weighted by molar-refractivity contribution is 6.30. The van der Waals surface area contributed by atoms with Gasteiger partial charge in [0.15, 0.2) is 0 Å². The average Bonchev–Trinajstić information content (AvgIpc) is 3.12. The molecule has 4 aromatic carbocycles. The minimum atomic E-state index is -4.47. The van der Waals surface area contributed by atoms with Gasteiger partial charge in [0.05, 0.1) is 11.3 Å². The average molecular weight is 680 g/mol. The fraction of sp³-hybridized carbons (Fsp3) is 0.175. The third-order valence-electron chi connectivity index (χ3n) is 8.63. The number of hydrogen-bond donors (Lipinski definition) is 0. The maximum absolute atomic E-state index is 14.5. The normalized spacial score (nSPS) is 13.6. The number of carbonyl (C=O) groups is 2. The van der Waals surface area contributed by atoms with Crippen molar-refractivity contribution in [1.29, 1.82) is 0 Å². The Kier molecular flexibility index (Phi) is 10.3. The van der Waals surface area contributed by atoms with E-state index in [-0.39, 0.29) is 18.9 Å². The molecule has 5 nitrogen and oxygen atoms in total. The van der Waals surface area contributed by atoms with E-state index in [1.165, 1.54) is 24.3 Å². The molecule has 0 saturated heterocycles. The number of alkyl halides is 3. The first kappa shape index (κ1) is 33.7. The van der Waals surface area contributed by atoms with Gasteiger partial charge in [-0.3, -0.25) is 14.6 Å². The quantitative estimate of drug-likeness (QED) is 0.147. The first-order valence-electron chi connectivity index (χ1n) is 15.9. The highest BCUT2D eigenvalue weighted by atomic mass is 35.5. The molecule has 1 aliphatic rings. The van der Waals surface area contributed by atoms with Crippen LogP contribution in [0.5, 0.6) is 0 Å². The predicted octanol–water partition coefficient (Wildman–Crippen LogP) is 8.66. The van der Waals surface area contributed by atoms with E-state index < -0.39 is 23.7 Å². The number of pyridine rings is 1. The number of rotatable bonds is 9. The molecule has 2 amide bonds. The summed E-state index contributed by atoms with van der Waals surface area (Å²) in [4.78, 5) is 36.4. The molecule has 9 heteroatoms. The van der Waals surface area contributed by atoms with Crippen LogP contribution in [0.2, 0.25) is 5.02 Å². The number of fused-ring (bicyclic) bond motifs is 1. The van der Waals surface area contributed by atoms with E-state index in [9.17, 15) is 22.8 Å². The van der Waals surface area contributed by atoms with Gasteiger partial charge in [0.25, 0.3) is 0 Å². The van der Waals surface area contributed by atoms with Crippen molar-refractivity contribution in [2.45, 2.75) is 38.1 Å². The molecule has 248 valence electrons. The minimum Gasteiger partial charge on any atom is -0.336 e. The minimum absolute atomic E-state index is 0.127. The summed E-state index contributed by atoms with van der Waals surface area (Å²) < 4.78 is 39.4. The molecule has 0 unspecified atom stereocenters. The first-order chi connectivity index (χ1) is 23.6. The Morgan fingerprint density at radius 2 is 1.59 bits per heavy atom. The summed E-state index contributed by atoms with van der Waals surface area (Å²) in [5, 5.41) is 0.645. The fourth-order valence-electron chi connectivity index (χ4n) is 5.99. The van der Waals surface area contributed by atoms with Crippen molar-refractivity contribution in [2.75, 3.05) is 6.54 Å². The molecular formula is C40H33ClF3N3O2. The third-order valence-corrected chi connectivity index (χ3v) is 8.87. The van der Waals surface area contributed by atoms with Gasteiger partial charge in [-0.1, -0.05) is 90.5 Å².